The summed E-state index contributed by atoms with van der Waals surface area (Å²) >= 11 is 1.08. The van der Waals surface area contributed by atoms with Crippen LogP contribution >= 0.6 is 11.8 Å². The number of imidazole rings is 1. The van der Waals surface area contributed by atoms with E-state index in [1.54, 1.807) is 6.07 Å². The van der Waals surface area contributed by atoms with Crippen LogP contribution in [0.15, 0.2) is 35.6 Å². The van der Waals surface area contributed by atoms with Crippen LogP contribution < -0.4 is 14.2 Å². The Hall–Kier alpha value is -3.24. The van der Waals surface area contributed by atoms with Gasteiger partial charge < -0.3 is 39.4 Å². The van der Waals surface area contributed by atoms with Crippen LogP contribution in [0.2, 0.25) is 0 Å². The lowest BCUT2D eigenvalue weighted by Gasteiger charge is -2.39. The van der Waals surface area contributed by atoms with Crippen LogP contribution in [0.4, 0.5) is 8.78 Å². The lowest BCUT2D eigenvalue weighted by molar-refractivity contribution is -0.247. The summed E-state index contributed by atoms with van der Waals surface area (Å²) in [5, 5.41) is 40.8. The molecule has 4 rings (SSSR count). The normalized spacial score (nSPS) is 23.8. The molecule has 0 saturated carbocycles. The SMILES string of the molecule is COc1ccnc(CSc2nc3cc(OC(F)F)ccc3n2[C@H]2O[C@H](C(=O)O)[C@H](O)[C@@H](O)[C@@H]2O)c1OC. The number of fused-ring (bicyclic) bond motifs is 1. The number of hydrogen-bond donors (Lipinski definition) is 4. The number of carbonyl (C=O) groups is 1. The second-order valence-corrected chi connectivity index (χ2v) is 8.77. The van der Waals surface area contributed by atoms with Crippen LogP contribution in [0, 0.1) is 0 Å². The first-order valence-electron chi connectivity index (χ1n) is 10.7. The summed E-state index contributed by atoms with van der Waals surface area (Å²) in [5.74, 6) is -0.779. The smallest absolute Gasteiger partial charge is 0.387 e. The van der Waals surface area contributed by atoms with Crippen molar-refractivity contribution in [3.8, 4) is 17.2 Å². The first kappa shape index (κ1) is 26.8. The van der Waals surface area contributed by atoms with Gasteiger partial charge in [0.25, 0.3) is 0 Å². The lowest BCUT2D eigenvalue weighted by atomic mass is 9.98. The van der Waals surface area contributed by atoms with Gasteiger partial charge in [-0.2, -0.15) is 8.78 Å². The summed E-state index contributed by atoms with van der Waals surface area (Å²) in [4.78, 5) is 20.4. The fourth-order valence-corrected chi connectivity index (χ4v) is 4.92. The maximum atomic E-state index is 12.7. The van der Waals surface area contributed by atoms with Gasteiger partial charge in [0, 0.05) is 24.1 Å². The minimum atomic E-state index is -3.07. The monoisotopic (exact) mass is 543 g/mol. The molecule has 5 atom stereocenters. The van der Waals surface area contributed by atoms with Crippen molar-refractivity contribution in [2.45, 2.75) is 48.2 Å². The zero-order chi connectivity index (χ0) is 26.9. The number of alkyl halides is 2. The second-order valence-electron chi connectivity index (χ2n) is 7.83. The molecule has 0 amide bonds. The number of pyridine rings is 1. The molecule has 0 radical (unpaired) electrons. The highest BCUT2D eigenvalue weighted by atomic mass is 32.2. The van der Waals surface area contributed by atoms with E-state index in [0.717, 1.165) is 11.8 Å². The molecule has 37 heavy (non-hydrogen) atoms. The molecule has 4 N–H and O–H groups in total. The quantitative estimate of drug-likeness (QED) is 0.287. The van der Waals surface area contributed by atoms with Crippen molar-refractivity contribution >= 4 is 28.8 Å². The molecular formula is C22H23F2N3O9S. The van der Waals surface area contributed by atoms with Crippen LogP contribution in [0.5, 0.6) is 17.2 Å². The van der Waals surface area contributed by atoms with E-state index in [-0.39, 0.29) is 27.7 Å². The number of aliphatic carboxylic acids is 1. The van der Waals surface area contributed by atoms with E-state index >= 15 is 0 Å². The molecule has 1 aliphatic rings. The second kappa shape index (κ2) is 11.0. The lowest BCUT2D eigenvalue weighted by Crippen LogP contribution is -2.57. The summed E-state index contributed by atoms with van der Waals surface area (Å²) < 4.78 is 47.4. The highest BCUT2D eigenvalue weighted by molar-refractivity contribution is 7.98. The van der Waals surface area contributed by atoms with Crippen molar-refractivity contribution in [3.63, 3.8) is 0 Å². The third kappa shape index (κ3) is 5.26. The van der Waals surface area contributed by atoms with Crippen LogP contribution in [0.25, 0.3) is 11.0 Å². The van der Waals surface area contributed by atoms with Gasteiger partial charge >= 0.3 is 12.6 Å². The Balaban J connectivity index is 1.78. The van der Waals surface area contributed by atoms with E-state index in [0.29, 0.717) is 17.2 Å². The number of halogens is 2. The Bertz CT molecular complexity index is 1280. The fraction of sp³-hybridized carbons (Fsp3) is 0.409. The molecule has 3 aromatic rings. The number of rotatable bonds is 9. The minimum absolute atomic E-state index is 0.153. The molecule has 1 aromatic carbocycles. The van der Waals surface area contributed by atoms with Crippen molar-refractivity contribution in [2.75, 3.05) is 14.2 Å². The van der Waals surface area contributed by atoms with Gasteiger partial charge in [-0.1, -0.05) is 11.8 Å². The zero-order valence-corrected chi connectivity index (χ0v) is 20.2. The van der Waals surface area contributed by atoms with E-state index in [9.17, 15) is 34.0 Å². The molecule has 2 aromatic heterocycles. The van der Waals surface area contributed by atoms with Crippen molar-refractivity contribution < 1.29 is 52.9 Å². The Labute approximate surface area is 212 Å². The molecule has 0 aliphatic carbocycles. The summed E-state index contributed by atoms with van der Waals surface area (Å²) in [6.45, 7) is -3.07. The predicted octanol–water partition coefficient (Wildman–Crippen LogP) is 1.41. The zero-order valence-electron chi connectivity index (χ0n) is 19.4. The number of thioether (sulfide) groups is 1. The molecule has 3 heterocycles. The van der Waals surface area contributed by atoms with Crippen LogP contribution in [-0.4, -0.2) is 86.2 Å². The summed E-state index contributed by atoms with van der Waals surface area (Å²) in [6.07, 6.45) is -7.38. The first-order chi connectivity index (χ1) is 17.7. The molecule has 0 unspecified atom stereocenters. The van der Waals surface area contributed by atoms with Crippen molar-refractivity contribution in [3.05, 3.63) is 36.2 Å². The van der Waals surface area contributed by atoms with Crippen molar-refractivity contribution in [1.82, 2.24) is 14.5 Å². The molecule has 15 heteroatoms. The summed E-state index contributed by atoms with van der Waals surface area (Å²) in [5.41, 5.74) is 0.886. The van der Waals surface area contributed by atoms with E-state index < -0.39 is 43.2 Å². The maximum Gasteiger partial charge on any atom is 0.387 e. The van der Waals surface area contributed by atoms with E-state index in [1.807, 2.05) is 0 Å². The fourth-order valence-electron chi connectivity index (χ4n) is 3.95. The van der Waals surface area contributed by atoms with Crippen LogP contribution in [0.1, 0.15) is 11.9 Å². The molecule has 12 nitrogen and oxygen atoms in total. The highest BCUT2D eigenvalue weighted by Gasteiger charge is 2.48. The number of methoxy groups -OCH3 is 2. The number of benzene rings is 1. The number of nitrogens with zero attached hydrogens (tertiary/aromatic N) is 3. The highest BCUT2D eigenvalue weighted by Crippen LogP contribution is 2.39. The minimum Gasteiger partial charge on any atom is -0.493 e. The molecule has 1 fully saturated rings. The standard InChI is InChI=1S/C22H23F2N3O9S/c1-33-13-5-6-25-11(17(13)34-2)8-37-22-26-10-7-9(35-21(23)24)3-4-12(10)27(22)19-16(30)14(28)15(29)18(36-19)20(31)32/h3-7,14-16,18-19,21,28-30H,8H2,1-2H3,(H,31,32)/t14-,15-,16+,18+,19+/m1/s1. The van der Waals surface area contributed by atoms with Crippen molar-refractivity contribution in [1.29, 1.82) is 0 Å². The van der Waals surface area contributed by atoms with E-state index in [4.69, 9.17) is 14.2 Å². The Morgan fingerprint density at radius 2 is 1.92 bits per heavy atom. The first-order valence-corrected chi connectivity index (χ1v) is 11.7. The number of carboxylic acid groups (broad SMARTS) is 1. The van der Waals surface area contributed by atoms with E-state index in [2.05, 4.69) is 14.7 Å². The van der Waals surface area contributed by atoms with Gasteiger partial charge in [-0.25, -0.2) is 9.78 Å². The van der Waals surface area contributed by atoms with Gasteiger partial charge in [0.05, 0.1) is 30.9 Å². The van der Waals surface area contributed by atoms with Crippen LogP contribution in [0.3, 0.4) is 0 Å². The topological polar surface area (TPSA) is 166 Å². The molecular weight excluding hydrogens is 520 g/mol. The molecule has 1 aliphatic heterocycles. The maximum absolute atomic E-state index is 12.7. The summed E-state index contributed by atoms with van der Waals surface area (Å²) in [6, 6.07) is 5.46. The number of aliphatic hydroxyl groups excluding tert-OH is 3. The number of ether oxygens (including phenoxy) is 4. The number of carboxylic acids is 1. The molecule has 0 spiro atoms. The van der Waals surface area contributed by atoms with Crippen molar-refractivity contribution in [2.24, 2.45) is 0 Å². The molecule has 200 valence electrons. The number of hydrogen-bond acceptors (Lipinski definition) is 11. The third-order valence-corrected chi connectivity index (χ3v) is 6.61. The average molecular weight is 544 g/mol. The van der Waals surface area contributed by atoms with Gasteiger partial charge in [0.2, 0.25) is 0 Å². The molecule has 0 bridgehead atoms. The van der Waals surface area contributed by atoms with Gasteiger partial charge in [-0.15, -0.1) is 0 Å². The van der Waals surface area contributed by atoms with Gasteiger partial charge in [0.1, 0.15) is 24.1 Å². The predicted molar refractivity (Wildman–Crippen MR) is 123 cm³/mol. The molecule has 1 saturated heterocycles. The van der Waals surface area contributed by atoms with Gasteiger partial charge in [-0.3, -0.25) is 9.55 Å². The van der Waals surface area contributed by atoms with Gasteiger partial charge in [-0.05, 0) is 12.1 Å². The summed E-state index contributed by atoms with van der Waals surface area (Å²) in [7, 11) is 2.91. The van der Waals surface area contributed by atoms with E-state index in [1.165, 1.54) is 43.2 Å². The van der Waals surface area contributed by atoms with Crippen LogP contribution in [-0.2, 0) is 15.3 Å². The largest absolute Gasteiger partial charge is 0.493 e. The number of aromatic nitrogens is 3. The Kier molecular flexibility index (Phi) is 7.99. The van der Waals surface area contributed by atoms with Gasteiger partial charge in [0.15, 0.2) is 29.0 Å². The Morgan fingerprint density at radius 3 is 2.57 bits per heavy atom. The third-order valence-electron chi connectivity index (χ3n) is 5.64. The number of aliphatic hydroxyl groups is 3. The Morgan fingerprint density at radius 1 is 1.16 bits per heavy atom. The average Bonchev–Trinajstić information content (AvgIpc) is 3.22.